The van der Waals surface area contributed by atoms with Crippen molar-refractivity contribution in [2.75, 3.05) is 63.6 Å². The Bertz CT molecular complexity index is 1760. The third-order valence-corrected chi connectivity index (χ3v) is 9.97. The van der Waals surface area contributed by atoms with E-state index in [4.69, 9.17) is 9.72 Å². The van der Waals surface area contributed by atoms with E-state index in [1.807, 2.05) is 18.2 Å². The van der Waals surface area contributed by atoms with E-state index < -0.39 is 6.23 Å². The van der Waals surface area contributed by atoms with Gasteiger partial charge in [0.2, 0.25) is 11.9 Å². The second-order valence-corrected chi connectivity index (χ2v) is 13.4. The van der Waals surface area contributed by atoms with E-state index in [1.165, 1.54) is 5.69 Å². The number of rotatable bonds is 10. The van der Waals surface area contributed by atoms with Crippen LogP contribution in [0.2, 0.25) is 0 Å². The monoisotopic (exact) mass is 667 g/mol. The molecule has 3 N–H and O–H groups in total. The lowest BCUT2D eigenvalue weighted by atomic mass is 9.89. The molecule has 5 heterocycles. The molecule has 2 unspecified atom stereocenters. The number of nitrogens with zero attached hydrogens (tertiary/aromatic N) is 7. The molecule has 13 nitrogen and oxygen atoms in total. The number of ether oxygens (including phenoxy) is 1. The van der Waals surface area contributed by atoms with Gasteiger partial charge in [-0.2, -0.15) is 4.98 Å². The van der Waals surface area contributed by atoms with E-state index in [0.29, 0.717) is 42.7 Å². The van der Waals surface area contributed by atoms with Gasteiger partial charge in [0.1, 0.15) is 35.7 Å². The number of aromatic nitrogens is 4. The van der Waals surface area contributed by atoms with Crippen LogP contribution in [0.25, 0.3) is 11.0 Å². The number of benzene rings is 1. The molecule has 13 heteroatoms. The van der Waals surface area contributed by atoms with Crippen LogP contribution in [0, 0.1) is 0 Å². The molecule has 3 aromatic heterocycles. The predicted octanol–water partition coefficient (Wildman–Crippen LogP) is 3.90. The number of carbonyl (C=O) groups is 2. The zero-order valence-electron chi connectivity index (χ0n) is 28.2. The van der Waals surface area contributed by atoms with Gasteiger partial charge in [-0.15, -0.1) is 0 Å². The Kier molecular flexibility index (Phi) is 9.63. The van der Waals surface area contributed by atoms with Crippen LogP contribution in [0.4, 0.5) is 17.5 Å². The molecular formula is C36H45N9O4. The van der Waals surface area contributed by atoms with Gasteiger partial charge >= 0.3 is 0 Å². The molecule has 3 aliphatic rings. The van der Waals surface area contributed by atoms with Crippen LogP contribution < -0.4 is 20.3 Å². The van der Waals surface area contributed by atoms with Crippen molar-refractivity contribution in [1.82, 2.24) is 34.6 Å². The number of carbonyl (C=O) groups excluding carboxylic acids is 2. The molecule has 1 saturated carbocycles. The molecule has 2 atom stereocenters. The summed E-state index contributed by atoms with van der Waals surface area (Å²) in [7, 11) is 3.55. The molecule has 1 aliphatic carbocycles. The van der Waals surface area contributed by atoms with Crippen LogP contribution >= 0.6 is 0 Å². The largest absolute Gasteiger partial charge is 0.491 e. The highest BCUT2D eigenvalue weighted by Gasteiger charge is 2.29. The van der Waals surface area contributed by atoms with Gasteiger partial charge in [0.05, 0.1) is 6.20 Å². The molecule has 2 saturated heterocycles. The summed E-state index contributed by atoms with van der Waals surface area (Å²) in [5.74, 6) is 1.56. The van der Waals surface area contributed by atoms with Crippen molar-refractivity contribution in [3.05, 3.63) is 66.1 Å². The SMILES string of the molecule is CN(C)C(=O)c1cc2cnc(Nc3ccc(OCCN4CCN(c5ccc(C6CCC(=O)NC6O)cc5)CC4)cn3)nc2n1C1CCCC1. The van der Waals surface area contributed by atoms with Crippen molar-refractivity contribution in [3.8, 4) is 5.75 Å². The Labute approximate surface area is 286 Å². The summed E-state index contributed by atoms with van der Waals surface area (Å²) in [4.78, 5) is 44.8. The number of aliphatic hydroxyl groups is 1. The fourth-order valence-electron chi connectivity index (χ4n) is 7.23. The van der Waals surface area contributed by atoms with Crippen LogP contribution in [0.3, 0.4) is 0 Å². The number of amides is 2. The van der Waals surface area contributed by atoms with Crippen LogP contribution in [0.5, 0.6) is 5.75 Å². The fourth-order valence-corrected chi connectivity index (χ4v) is 7.23. The smallest absolute Gasteiger partial charge is 0.270 e. The van der Waals surface area contributed by atoms with Gasteiger partial charge < -0.3 is 34.8 Å². The average Bonchev–Trinajstić information content (AvgIpc) is 3.77. The third kappa shape index (κ3) is 7.32. The highest BCUT2D eigenvalue weighted by atomic mass is 16.5. The summed E-state index contributed by atoms with van der Waals surface area (Å²) in [6.45, 7) is 5.13. The summed E-state index contributed by atoms with van der Waals surface area (Å²) in [6.07, 6.45) is 8.13. The summed E-state index contributed by atoms with van der Waals surface area (Å²) in [6, 6.07) is 14.3. The molecule has 2 amide bonds. The van der Waals surface area contributed by atoms with Crippen molar-refractivity contribution in [3.63, 3.8) is 0 Å². The van der Waals surface area contributed by atoms with Crippen molar-refractivity contribution < 1.29 is 19.4 Å². The van der Waals surface area contributed by atoms with Gasteiger partial charge in [-0.05, 0) is 55.2 Å². The fraction of sp³-hybridized carbons (Fsp3) is 0.472. The Morgan fingerprint density at radius 3 is 2.49 bits per heavy atom. The minimum absolute atomic E-state index is 0.0306. The van der Waals surface area contributed by atoms with Crippen LogP contribution in [-0.4, -0.2) is 106 Å². The van der Waals surface area contributed by atoms with Gasteiger partial charge in [0.25, 0.3) is 5.91 Å². The number of anilines is 3. The lowest BCUT2D eigenvalue weighted by molar-refractivity contribution is -0.127. The zero-order chi connectivity index (χ0) is 33.9. The minimum atomic E-state index is -0.824. The molecule has 0 spiro atoms. The van der Waals surface area contributed by atoms with Crippen molar-refractivity contribution in [2.45, 2.75) is 56.7 Å². The Hall–Kier alpha value is -4.75. The van der Waals surface area contributed by atoms with E-state index in [9.17, 15) is 14.7 Å². The van der Waals surface area contributed by atoms with E-state index in [1.54, 1.807) is 31.4 Å². The zero-order valence-corrected chi connectivity index (χ0v) is 28.2. The van der Waals surface area contributed by atoms with Crippen LogP contribution in [0.15, 0.2) is 54.9 Å². The van der Waals surface area contributed by atoms with E-state index in [-0.39, 0.29) is 23.8 Å². The average molecular weight is 668 g/mol. The normalized spacial score (nSPS) is 20.4. The van der Waals surface area contributed by atoms with Gasteiger partial charge in [0.15, 0.2) is 0 Å². The Morgan fingerprint density at radius 1 is 1.02 bits per heavy atom. The number of pyridine rings is 1. The number of nitrogens with one attached hydrogen (secondary N) is 2. The summed E-state index contributed by atoms with van der Waals surface area (Å²) in [5.41, 5.74) is 3.64. The number of fused-ring (bicyclic) bond motifs is 1. The molecule has 0 radical (unpaired) electrons. The highest BCUT2D eigenvalue weighted by molar-refractivity contribution is 5.98. The first-order chi connectivity index (χ1) is 23.8. The number of piperazine rings is 1. The van der Waals surface area contributed by atoms with Crippen molar-refractivity contribution >= 4 is 40.3 Å². The lowest BCUT2D eigenvalue weighted by Gasteiger charge is -2.36. The summed E-state index contributed by atoms with van der Waals surface area (Å²) < 4.78 is 8.13. The first kappa shape index (κ1) is 32.8. The van der Waals surface area contributed by atoms with Gasteiger partial charge in [-0.3, -0.25) is 14.5 Å². The van der Waals surface area contributed by atoms with Crippen molar-refractivity contribution in [2.24, 2.45) is 0 Å². The second-order valence-electron chi connectivity index (χ2n) is 13.4. The van der Waals surface area contributed by atoms with Crippen LogP contribution in [-0.2, 0) is 4.79 Å². The van der Waals surface area contributed by atoms with E-state index in [0.717, 1.165) is 75.0 Å². The molecule has 0 bridgehead atoms. The predicted molar refractivity (Wildman–Crippen MR) is 187 cm³/mol. The molecule has 1 aromatic carbocycles. The topological polar surface area (TPSA) is 141 Å². The summed E-state index contributed by atoms with van der Waals surface area (Å²) >= 11 is 0. The first-order valence-corrected chi connectivity index (χ1v) is 17.3. The number of piperidine rings is 1. The quantitative estimate of drug-likeness (QED) is 0.228. The highest BCUT2D eigenvalue weighted by Crippen LogP contribution is 2.35. The summed E-state index contributed by atoms with van der Waals surface area (Å²) in [5, 5.41) is 17.0. The number of aliphatic hydroxyl groups excluding tert-OH is 1. The molecule has 49 heavy (non-hydrogen) atoms. The molecule has 258 valence electrons. The molecule has 2 aliphatic heterocycles. The first-order valence-electron chi connectivity index (χ1n) is 17.3. The minimum Gasteiger partial charge on any atom is -0.491 e. The van der Waals surface area contributed by atoms with Gasteiger partial charge in [0, 0.05) is 82.5 Å². The van der Waals surface area contributed by atoms with Gasteiger partial charge in [-0.1, -0.05) is 25.0 Å². The standard InChI is InChI=1S/C36H45N9O4/c1-42(2)35(48)30-21-25-22-38-36(41-33(25)45(30)27-5-3-4-6-27)39-31-13-11-28(23-37-31)49-20-19-43-15-17-44(18-16-43)26-9-7-24(8-10-26)29-12-14-32(46)40-34(29)47/h7-11,13,21-23,27,29,34,47H,3-6,12,14-20H2,1-2H3,(H,40,46)(H,37,38,39,41). The van der Waals surface area contributed by atoms with Crippen molar-refractivity contribution in [1.29, 1.82) is 0 Å². The number of hydrogen-bond donors (Lipinski definition) is 3. The lowest BCUT2D eigenvalue weighted by Crippen LogP contribution is -2.47. The third-order valence-electron chi connectivity index (χ3n) is 9.97. The maximum absolute atomic E-state index is 13.0. The Morgan fingerprint density at radius 2 is 1.80 bits per heavy atom. The molecule has 3 fully saturated rings. The maximum atomic E-state index is 13.0. The number of hydrogen-bond acceptors (Lipinski definition) is 10. The maximum Gasteiger partial charge on any atom is 0.270 e. The van der Waals surface area contributed by atoms with E-state index >= 15 is 0 Å². The molecule has 4 aromatic rings. The molecular weight excluding hydrogens is 622 g/mol. The molecule has 7 rings (SSSR count). The Balaban J connectivity index is 0.890. The van der Waals surface area contributed by atoms with Gasteiger partial charge in [-0.25, -0.2) is 9.97 Å². The van der Waals surface area contributed by atoms with Crippen LogP contribution in [0.1, 0.15) is 66.5 Å². The second kappa shape index (κ2) is 14.4. The van der Waals surface area contributed by atoms with E-state index in [2.05, 4.69) is 59.2 Å².